The Labute approximate surface area is 74.9 Å². The van der Waals surface area contributed by atoms with Gasteiger partial charge in [0.05, 0.1) is 0 Å². The summed E-state index contributed by atoms with van der Waals surface area (Å²) in [5.41, 5.74) is 5.29. The van der Waals surface area contributed by atoms with Crippen molar-refractivity contribution < 1.29 is 9.79 Å². The molecule has 5 heteroatoms. The fourth-order valence-corrected chi connectivity index (χ4v) is 3.10. The van der Waals surface area contributed by atoms with Crippen LogP contribution < -0.4 is 5.73 Å². The lowest BCUT2D eigenvalue weighted by atomic mass is 10.3. The Morgan fingerprint density at radius 1 is 1.17 bits per heavy atom. The Morgan fingerprint density at radius 3 is 1.58 bits per heavy atom. The third kappa shape index (κ3) is 2.96. The molecule has 12 heavy (non-hydrogen) atoms. The van der Waals surface area contributed by atoms with Gasteiger partial charge in [0.2, 0.25) is 0 Å². The minimum absolute atomic E-state index is 0.0661. The predicted molar refractivity (Wildman–Crippen MR) is 52.5 cm³/mol. The standard InChI is InChI=1S/C7H20N2O2P/c1-6(2)9(7(3)4)12(10,11)5-8/h6-7,10-11H,5,8H2,1-4H3/q+1. The van der Waals surface area contributed by atoms with Gasteiger partial charge in [-0.3, -0.25) is 5.73 Å². The molecule has 0 amide bonds. The zero-order valence-corrected chi connectivity index (χ0v) is 9.12. The van der Waals surface area contributed by atoms with Crippen molar-refractivity contribution in [3.63, 3.8) is 0 Å². The van der Waals surface area contributed by atoms with Gasteiger partial charge >= 0.3 is 7.87 Å². The van der Waals surface area contributed by atoms with E-state index in [2.05, 4.69) is 0 Å². The summed E-state index contributed by atoms with van der Waals surface area (Å²) in [7, 11) is -3.03. The molecule has 74 valence electrons. The van der Waals surface area contributed by atoms with Crippen molar-refractivity contribution in [1.82, 2.24) is 4.67 Å². The largest absolute Gasteiger partial charge is 0.357 e. The molecule has 4 nitrogen and oxygen atoms in total. The van der Waals surface area contributed by atoms with Crippen molar-refractivity contribution >= 4 is 7.87 Å². The van der Waals surface area contributed by atoms with Crippen molar-refractivity contribution in [3.8, 4) is 0 Å². The molecule has 0 aliphatic rings. The van der Waals surface area contributed by atoms with Crippen molar-refractivity contribution in [2.75, 3.05) is 6.29 Å². The van der Waals surface area contributed by atoms with Gasteiger partial charge in [0.1, 0.15) is 0 Å². The van der Waals surface area contributed by atoms with Crippen LogP contribution in [0.1, 0.15) is 27.7 Å². The van der Waals surface area contributed by atoms with E-state index in [1.165, 1.54) is 0 Å². The van der Waals surface area contributed by atoms with Gasteiger partial charge in [-0.1, -0.05) is 0 Å². The Bertz CT molecular complexity index is 131. The molecule has 0 fully saturated rings. The number of nitrogens with zero attached hydrogens (tertiary/aromatic N) is 1. The summed E-state index contributed by atoms with van der Waals surface area (Å²) in [5, 5.41) is 0. The predicted octanol–water partition coefficient (Wildman–Crippen LogP) is 0.769. The first-order valence-electron chi connectivity index (χ1n) is 4.15. The van der Waals surface area contributed by atoms with E-state index in [4.69, 9.17) is 5.73 Å². The maximum absolute atomic E-state index is 9.59. The van der Waals surface area contributed by atoms with E-state index in [-0.39, 0.29) is 18.4 Å². The summed E-state index contributed by atoms with van der Waals surface area (Å²) < 4.78 is 1.67. The van der Waals surface area contributed by atoms with Crippen LogP contribution in [0, 0.1) is 0 Å². The Kier molecular flexibility index (Phi) is 4.59. The van der Waals surface area contributed by atoms with Crippen LogP contribution in [0.5, 0.6) is 0 Å². The molecule has 0 saturated carbocycles. The minimum Gasteiger partial charge on any atom is -0.293 e. The highest BCUT2D eigenvalue weighted by Crippen LogP contribution is 2.54. The average molecular weight is 195 g/mol. The first-order valence-corrected chi connectivity index (χ1v) is 5.98. The van der Waals surface area contributed by atoms with Gasteiger partial charge < -0.3 is 0 Å². The first-order chi connectivity index (χ1) is 5.33. The second kappa shape index (κ2) is 4.49. The molecule has 0 unspecified atom stereocenters. The van der Waals surface area contributed by atoms with Crippen LogP contribution >= 0.6 is 7.87 Å². The molecular weight excluding hydrogens is 175 g/mol. The summed E-state index contributed by atoms with van der Waals surface area (Å²) in [6, 6.07) is 0.216. The number of nitrogens with two attached hydrogens (primary N) is 1. The lowest BCUT2D eigenvalue weighted by Gasteiger charge is -2.31. The molecule has 0 aromatic heterocycles. The highest BCUT2D eigenvalue weighted by Gasteiger charge is 2.43. The second-order valence-corrected chi connectivity index (χ2v) is 5.65. The number of hydrogen-bond acceptors (Lipinski definition) is 4. The summed E-state index contributed by atoms with van der Waals surface area (Å²) in [6.45, 7) is 7.71. The number of rotatable bonds is 4. The summed E-state index contributed by atoms with van der Waals surface area (Å²) in [6.07, 6.45) is -0.0661. The van der Waals surface area contributed by atoms with E-state index < -0.39 is 7.87 Å². The molecule has 0 aliphatic carbocycles. The Hall–Kier alpha value is 0.270. The number of hydrogen-bond donors (Lipinski definition) is 3. The molecule has 0 aliphatic heterocycles. The monoisotopic (exact) mass is 195 g/mol. The third-order valence-corrected chi connectivity index (χ3v) is 3.83. The second-order valence-electron chi connectivity index (χ2n) is 3.44. The van der Waals surface area contributed by atoms with E-state index >= 15 is 0 Å². The van der Waals surface area contributed by atoms with Crippen molar-refractivity contribution in [1.29, 1.82) is 0 Å². The minimum atomic E-state index is -3.03. The molecule has 4 N–H and O–H groups in total. The maximum atomic E-state index is 9.59. The molecule has 0 heterocycles. The summed E-state index contributed by atoms with van der Waals surface area (Å²) >= 11 is 0. The molecule has 0 spiro atoms. The smallest absolute Gasteiger partial charge is 0.293 e. The Morgan fingerprint density at radius 2 is 1.50 bits per heavy atom. The van der Waals surface area contributed by atoms with Gasteiger partial charge in [0.25, 0.3) is 0 Å². The highest BCUT2D eigenvalue weighted by molar-refractivity contribution is 7.62. The average Bonchev–Trinajstić information content (AvgIpc) is 1.84. The van der Waals surface area contributed by atoms with Gasteiger partial charge in [-0.25, -0.2) is 9.79 Å². The molecule has 0 radical (unpaired) electrons. The highest BCUT2D eigenvalue weighted by atomic mass is 31.2. The van der Waals surface area contributed by atoms with Crippen LogP contribution in [0.2, 0.25) is 0 Å². The zero-order chi connectivity index (χ0) is 9.94. The van der Waals surface area contributed by atoms with E-state index in [1.54, 1.807) is 4.67 Å². The maximum Gasteiger partial charge on any atom is 0.357 e. The van der Waals surface area contributed by atoms with Gasteiger partial charge in [-0.15, -0.1) is 4.67 Å². The van der Waals surface area contributed by atoms with Crippen LogP contribution in [0.3, 0.4) is 0 Å². The van der Waals surface area contributed by atoms with Crippen molar-refractivity contribution in [2.24, 2.45) is 5.73 Å². The summed E-state index contributed by atoms with van der Waals surface area (Å²) in [5.74, 6) is 0. The lowest BCUT2D eigenvalue weighted by Crippen LogP contribution is -2.38. The molecule has 0 bridgehead atoms. The van der Waals surface area contributed by atoms with Crippen LogP contribution in [0.25, 0.3) is 0 Å². The van der Waals surface area contributed by atoms with E-state index in [0.717, 1.165) is 0 Å². The van der Waals surface area contributed by atoms with Crippen LogP contribution in [0.15, 0.2) is 0 Å². The van der Waals surface area contributed by atoms with E-state index in [0.29, 0.717) is 0 Å². The van der Waals surface area contributed by atoms with E-state index in [1.807, 2.05) is 27.7 Å². The molecule has 0 atom stereocenters. The van der Waals surface area contributed by atoms with E-state index in [9.17, 15) is 9.79 Å². The Balaban J connectivity index is 4.50. The van der Waals surface area contributed by atoms with Gasteiger partial charge in [-0.2, -0.15) is 0 Å². The fraction of sp³-hybridized carbons (Fsp3) is 1.00. The molecule has 0 rings (SSSR count). The normalized spacial score (nSPS) is 13.5. The van der Waals surface area contributed by atoms with Crippen LogP contribution in [-0.2, 0) is 0 Å². The van der Waals surface area contributed by atoms with Gasteiger partial charge in [0.15, 0.2) is 6.29 Å². The van der Waals surface area contributed by atoms with Crippen molar-refractivity contribution in [2.45, 2.75) is 39.8 Å². The topological polar surface area (TPSA) is 69.7 Å². The molecule has 0 saturated heterocycles. The van der Waals surface area contributed by atoms with Crippen LogP contribution in [-0.4, -0.2) is 32.8 Å². The van der Waals surface area contributed by atoms with Crippen LogP contribution in [0.4, 0.5) is 0 Å². The lowest BCUT2D eigenvalue weighted by molar-refractivity contribution is 0.239. The van der Waals surface area contributed by atoms with Gasteiger partial charge in [0, 0.05) is 12.1 Å². The van der Waals surface area contributed by atoms with Gasteiger partial charge in [-0.05, 0) is 27.7 Å². The first kappa shape index (κ1) is 12.3. The fourth-order valence-electron chi connectivity index (χ4n) is 1.43. The molecule has 0 aromatic rings. The summed E-state index contributed by atoms with van der Waals surface area (Å²) in [4.78, 5) is 19.2. The molecule has 0 aromatic carbocycles. The third-order valence-electron chi connectivity index (χ3n) is 1.67. The quantitative estimate of drug-likeness (QED) is 0.579. The molecular formula is C7H20N2O2P+. The SMILES string of the molecule is CC(C)N(C(C)C)[P+](O)(O)CN. The zero-order valence-electron chi connectivity index (χ0n) is 8.23. The van der Waals surface area contributed by atoms with Crippen molar-refractivity contribution in [3.05, 3.63) is 0 Å².